The van der Waals surface area contributed by atoms with Crippen LogP contribution in [0.2, 0.25) is 4.34 Å². The van der Waals surface area contributed by atoms with E-state index in [0.717, 1.165) is 47.0 Å². The highest BCUT2D eigenvalue weighted by Crippen LogP contribution is 2.30. The molecule has 2 aromatic heterocycles. The number of hydrogen-bond donors (Lipinski definition) is 1. The molecule has 0 radical (unpaired) electrons. The van der Waals surface area contributed by atoms with Gasteiger partial charge in [0, 0.05) is 59.8 Å². The summed E-state index contributed by atoms with van der Waals surface area (Å²) < 4.78 is 0.829. The highest BCUT2D eigenvalue weighted by atomic mass is 35.5. The molecule has 0 bridgehead atoms. The number of nitrogens with one attached hydrogen (secondary N) is 1. The van der Waals surface area contributed by atoms with E-state index >= 15 is 0 Å². The van der Waals surface area contributed by atoms with E-state index in [2.05, 4.69) is 22.9 Å². The molecule has 1 aliphatic rings. The maximum absolute atomic E-state index is 12.8. The van der Waals surface area contributed by atoms with Crippen molar-refractivity contribution in [2.75, 3.05) is 26.2 Å². The lowest BCUT2D eigenvalue weighted by Gasteiger charge is -2.37. The molecule has 1 amide bonds. The standard InChI is InChI=1S/C19H20ClN3OS/c1-13(17-4-5-18(20)25-17)22-8-10-23(11-9-22)19(24)15-2-3-16-14(12-15)6-7-21-16/h2-7,12-13,21H,8-11H2,1H3. The second-order valence-corrected chi connectivity index (χ2v) is 8.17. The number of nitrogens with zero attached hydrogens (tertiary/aromatic N) is 2. The van der Waals surface area contributed by atoms with Crippen LogP contribution >= 0.6 is 22.9 Å². The summed E-state index contributed by atoms with van der Waals surface area (Å²) in [5.74, 6) is 0.120. The van der Waals surface area contributed by atoms with E-state index in [1.165, 1.54) is 4.88 Å². The van der Waals surface area contributed by atoms with Gasteiger partial charge in [-0.2, -0.15) is 0 Å². The first kappa shape index (κ1) is 16.6. The summed E-state index contributed by atoms with van der Waals surface area (Å²) in [6.45, 7) is 5.49. The minimum atomic E-state index is 0.120. The molecule has 3 aromatic rings. The molecule has 1 fully saturated rings. The Morgan fingerprint density at radius 1 is 1.16 bits per heavy atom. The summed E-state index contributed by atoms with van der Waals surface area (Å²) in [4.78, 5) is 21.6. The Hall–Kier alpha value is -1.82. The fourth-order valence-electron chi connectivity index (χ4n) is 3.41. The fraction of sp³-hybridized carbons (Fsp3) is 0.316. The van der Waals surface area contributed by atoms with Gasteiger partial charge < -0.3 is 9.88 Å². The van der Waals surface area contributed by atoms with Crippen molar-refractivity contribution in [1.82, 2.24) is 14.8 Å². The summed E-state index contributed by atoms with van der Waals surface area (Å²) in [7, 11) is 0. The number of hydrogen-bond acceptors (Lipinski definition) is 3. The Morgan fingerprint density at radius 2 is 1.96 bits per heavy atom. The summed E-state index contributed by atoms with van der Waals surface area (Å²) in [5.41, 5.74) is 1.82. The zero-order valence-corrected chi connectivity index (χ0v) is 15.6. The largest absolute Gasteiger partial charge is 0.361 e. The normalized spacial score (nSPS) is 17.1. The molecule has 1 aliphatic heterocycles. The number of carbonyl (C=O) groups is 1. The molecule has 1 atom stereocenters. The Balaban J connectivity index is 1.41. The highest BCUT2D eigenvalue weighted by molar-refractivity contribution is 7.16. The van der Waals surface area contributed by atoms with Gasteiger partial charge in [0.25, 0.3) is 5.91 Å². The van der Waals surface area contributed by atoms with Crippen LogP contribution in [0.25, 0.3) is 10.9 Å². The molecule has 1 N–H and O–H groups in total. The van der Waals surface area contributed by atoms with Gasteiger partial charge in [0.1, 0.15) is 0 Å². The molecule has 0 saturated carbocycles. The van der Waals surface area contributed by atoms with Crippen molar-refractivity contribution in [3.8, 4) is 0 Å². The van der Waals surface area contributed by atoms with Gasteiger partial charge in [-0.05, 0) is 43.3 Å². The van der Waals surface area contributed by atoms with Gasteiger partial charge in [0.15, 0.2) is 0 Å². The van der Waals surface area contributed by atoms with Gasteiger partial charge in [-0.3, -0.25) is 9.69 Å². The predicted molar refractivity (Wildman–Crippen MR) is 104 cm³/mol. The van der Waals surface area contributed by atoms with E-state index in [1.54, 1.807) is 11.3 Å². The Kier molecular flexibility index (Phi) is 4.54. The van der Waals surface area contributed by atoms with Crippen molar-refractivity contribution in [1.29, 1.82) is 0 Å². The van der Waals surface area contributed by atoms with Crippen LogP contribution in [-0.4, -0.2) is 46.9 Å². The summed E-state index contributed by atoms with van der Waals surface area (Å²) >= 11 is 7.69. The van der Waals surface area contributed by atoms with E-state index < -0.39 is 0 Å². The SMILES string of the molecule is CC(c1ccc(Cl)s1)N1CCN(C(=O)c2ccc3[nH]ccc3c2)CC1. The van der Waals surface area contributed by atoms with E-state index in [0.29, 0.717) is 6.04 Å². The molecule has 0 spiro atoms. The van der Waals surface area contributed by atoms with E-state index in [1.807, 2.05) is 41.4 Å². The van der Waals surface area contributed by atoms with E-state index in [-0.39, 0.29) is 5.91 Å². The topological polar surface area (TPSA) is 39.3 Å². The molecular weight excluding hydrogens is 354 g/mol. The molecule has 1 saturated heterocycles. The van der Waals surface area contributed by atoms with Crippen LogP contribution in [0.5, 0.6) is 0 Å². The first-order chi connectivity index (χ1) is 12.1. The van der Waals surface area contributed by atoms with Crippen molar-refractivity contribution in [3.63, 3.8) is 0 Å². The molecule has 25 heavy (non-hydrogen) atoms. The predicted octanol–water partition coefficient (Wildman–Crippen LogP) is 4.40. The molecule has 6 heteroatoms. The summed E-state index contributed by atoms with van der Waals surface area (Å²) in [6.07, 6.45) is 1.90. The summed E-state index contributed by atoms with van der Waals surface area (Å²) in [6, 6.07) is 12.2. The van der Waals surface area contributed by atoms with Crippen LogP contribution in [-0.2, 0) is 0 Å². The van der Waals surface area contributed by atoms with Crippen LogP contribution in [0, 0.1) is 0 Å². The lowest BCUT2D eigenvalue weighted by Crippen LogP contribution is -2.49. The number of aromatic nitrogens is 1. The number of halogens is 1. The Labute approximate surface area is 156 Å². The van der Waals surface area contributed by atoms with Crippen molar-refractivity contribution < 1.29 is 4.79 Å². The highest BCUT2D eigenvalue weighted by Gasteiger charge is 2.26. The number of thiophene rings is 1. The lowest BCUT2D eigenvalue weighted by molar-refractivity contribution is 0.0585. The van der Waals surface area contributed by atoms with Crippen molar-refractivity contribution in [3.05, 3.63) is 57.4 Å². The monoisotopic (exact) mass is 373 g/mol. The molecular formula is C19H20ClN3OS. The molecule has 4 rings (SSSR count). The maximum atomic E-state index is 12.8. The third-order valence-corrected chi connectivity index (χ3v) is 6.36. The molecule has 4 nitrogen and oxygen atoms in total. The van der Waals surface area contributed by atoms with Crippen LogP contribution in [0.3, 0.4) is 0 Å². The van der Waals surface area contributed by atoms with Gasteiger partial charge in [-0.25, -0.2) is 0 Å². The number of carbonyl (C=O) groups excluding carboxylic acids is 1. The second-order valence-electron chi connectivity index (χ2n) is 6.43. The van der Waals surface area contributed by atoms with Gasteiger partial charge >= 0.3 is 0 Å². The first-order valence-electron chi connectivity index (χ1n) is 8.47. The lowest BCUT2D eigenvalue weighted by atomic mass is 10.1. The molecule has 1 aromatic carbocycles. The molecule has 130 valence electrons. The fourth-order valence-corrected chi connectivity index (χ4v) is 4.56. The average Bonchev–Trinajstić information content (AvgIpc) is 3.28. The minimum Gasteiger partial charge on any atom is -0.361 e. The Morgan fingerprint density at radius 3 is 2.68 bits per heavy atom. The number of rotatable bonds is 3. The smallest absolute Gasteiger partial charge is 0.253 e. The van der Waals surface area contributed by atoms with Crippen LogP contribution in [0.15, 0.2) is 42.6 Å². The van der Waals surface area contributed by atoms with Crippen LogP contribution in [0.4, 0.5) is 0 Å². The van der Waals surface area contributed by atoms with Crippen molar-refractivity contribution >= 4 is 39.7 Å². The van der Waals surface area contributed by atoms with Crippen LogP contribution < -0.4 is 0 Å². The maximum Gasteiger partial charge on any atom is 0.253 e. The van der Waals surface area contributed by atoms with Crippen molar-refractivity contribution in [2.45, 2.75) is 13.0 Å². The molecule has 3 heterocycles. The first-order valence-corrected chi connectivity index (χ1v) is 9.67. The number of aromatic amines is 1. The van der Waals surface area contributed by atoms with Crippen LogP contribution in [0.1, 0.15) is 28.2 Å². The molecule has 1 unspecified atom stereocenters. The second kappa shape index (κ2) is 6.83. The zero-order valence-electron chi connectivity index (χ0n) is 14.0. The van der Waals surface area contributed by atoms with E-state index in [4.69, 9.17) is 11.6 Å². The third-order valence-electron chi connectivity index (χ3n) is 4.96. The number of fused-ring (bicyclic) bond motifs is 1. The van der Waals surface area contributed by atoms with Gasteiger partial charge in [0.05, 0.1) is 4.34 Å². The Bertz CT molecular complexity index is 895. The van der Waals surface area contributed by atoms with Gasteiger partial charge in [-0.15, -0.1) is 11.3 Å². The van der Waals surface area contributed by atoms with Crippen molar-refractivity contribution in [2.24, 2.45) is 0 Å². The zero-order chi connectivity index (χ0) is 17.4. The van der Waals surface area contributed by atoms with Gasteiger partial charge in [0.2, 0.25) is 0 Å². The minimum absolute atomic E-state index is 0.120. The quantitative estimate of drug-likeness (QED) is 0.739. The van der Waals surface area contributed by atoms with Gasteiger partial charge in [-0.1, -0.05) is 11.6 Å². The average molecular weight is 374 g/mol. The number of amides is 1. The number of H-pyrrole nitrogens is 1. The number of piperazine rings is 1. The number of benzene rings is 1. The van der Waals surface area contributed by atoms with E-state index in [9.17, 15) is 4.79 Å². The molecule has 0 aliphatic carbocycles. The summed E-state index contributed by atoms with van der Waals surface area (Å²) in [5, 5.41) is 1.08. The third kappa shape index (κ3) is 3.32.